The molecule has 0 saturated heterocycles. The molecule has 1 aliphatic carbocycles. The van der Waals surface area contributed by atoms with Crippen LogP contribution in [0.2, 0.25) is 5.02 Å². The molecule has 1 heterocycles. The summed E-state index contributed by atoms with van der Waals surface area (Å²) in [4.78, 5) is 41.3. The zero-order chi connectivity index (χ0) is 23.0. The van der Waals surface area contributed by atoms with Crippen LogP contribution in [0.5, 0.6) is 0 Å². The number of allylic oxidation sites excluding steroid dienone is 2. The van der Waals surface area contributed by atoms with Crippen LogP contribution in [0.15, 0.2) is 64.8 Å². The standard InChI is InChI=1S/C24H21ClN2O5/c1-13-21(24(29)32-2)22(14-7-9-16(10-8-14)27(30)31)23-19(26-13)11-15(12-20(23)28)17-5-3-4-6-18(17)25/h3-10,15,21-22H,11-12H2,1-2H3. The van der Waals surface area contributed by atoms with Gasteiger partial charge in [-0.2, -0.15) is 0 Å². The summed E-state index contributed by atoms with van der Waals surface area (Å²) in [5.41, 5.74) is 3.12. The summed E-state index contributed by atoms with van der Waals surface area (Å²) in [6.07, 6.45) is 0.758. The van der Waals surface area contributed by atoms with Crippen molar-refractivity contribution in [2.75, 3.05) is 7.11 Å². The van der Waals surface area contributed by atoms with E-state index in [9.17, 15) is 19.7 Å². The lowest BCUT2D eigenvalue weighted by Crippen LogP contribution is -2.37. The van der Waals surface area contributed by atoms with Crippen LogP contribution in [0.25, 0.3) is 0 Å². The second kappa shape index (κ2) is 8.67. The Morgan fingerprint density at radius 3 is 2.47 bits per heavy atom. The van der Waals surface area contributed by atoms with Gasteiger partial charge in [0, 0.05) is 46.5 Å². The Bertz CT molecular complexity index is 1170. The minimum absolute atomic E-state index is 0.0625. The fraction of sp³-hybridized carbons (Fsp3) is 0.292. The molecule has 1 aliphatic heterocycles. The number of Topliss-reactive ketones (excluding diaryl/α,β-unsaturated/α-hetero) is 1. The Hall–Kier alpha value is -3.32. The SMILES string of the molecule is COC(=O)C1C(C)=NC2=C(C(=O)CC(c3ccccc3Cl)C2)C1c1ccc([N+](=O)[O-])cc1. The maximum atomic E-state index is 13.4. The molecule has 0 saturated carbocycles. The second-order valence-electron chi connectivity index (χ2n) is 7.99. The molecule has 32 heavy (non-hydrogen) atoms. The highest BCUT2D eigenvalue weighted by Gasteiger charge is 2.44. The van der Waals surface area contributed by atoms with Crippen LogP contribution in [-0.4, -0.2) is 29.5 Å². The highest BCUT2D eigenvalue weighted by molar-refractivity contribution is 6.31. The molecule has 2 aliphatic rings. The summed E-state index contributed by atoms with van der Waals surface area (Å²) in [5.74, 6) is -2.11. The number of nitro benzene ring substituents is 1. The predicted octanol–water partition coefficient (Wildman–Crippen LogP) is 5.00. The first-order valence-corrected chi connectivity index (χ1v) is 10.6. The molecule has 8 heteroatoms. The van der Waals surface area contributed by atoms with Crippen LogP contribution in [0.3, 0.4) is 0 Å². The number of ketones is 1. The Labute approximate surface area is 189 Å². The third-order valence-electron chi connectivity index (χ3n) is 6.15. The average molecular weight is 453 g/mol. The number of nitro groups is 1. The quantitative estimate of drug-likeness (QED) is 0.369. The summed E-state index contributed by atoms with van der Waals surface area (Å²) in [7, 11) is 1.29. The largest absolute Gasteiger partial charge is 0.468 e. The lowest BCUT2D eigenvalue weighted by molar-refractivity contribution is -0.384. The number of carbonyl (C=O) groups is 2. The van der Waals surface area contributed by atoms with E-state index in [0.29, 0.717) is 34.0 Å². The molecule has 0 aromatic heterocycles. The summed E-state index contributed by atoms with van der Waals surface area (Å²) >= 11 is 6.38. The van der Waals surface area contributed by atoms with E-state index in [0.717, 1.165) is 5.56 Å². The number of ether oxygens (including phenoxy) is 1. The number of carbonyl (C=O) groups excluding carboxylic acids is 2. The summed E-state index contributed by atoms with van der Waals surface area (Å²) in [6, 6.07) is 13.4. The molecule has 3 unspecified atom stereocenters. The van der Waals surface area contributed by atoms with Crippen molar-refractivity contribution < 1.29 is 19.2 Å². The van der Waals surface area contributed by atoms with Crippen molar-refractivity contribution in [2.45, 2.75) is 31.6 Å². The maximum absolute atomic E-state index is 13.4. The van der Waals surface area contributed by atoms with E-state index >= 15 is 0 Å². The summed E-state index contributed by atoms with van der Waals surface area (Å²) in [5, 5.41) is 11.7. The highest BCUT2D eigenvalue weighted by Crippen LogP contribution is 2.47. The highest BCUT2D eigenvalue weighted by atomic mass is 35.5. The molecule has 164 valence electrons. The Morgan fingerprint density at radius 2 is 1.84 bits per heavy atom. The molecule has 0 amide bonds. The van der Waals surface area contributed by atoms with Crippen molar-refractivity contribution in [3.05, 3.63) is 86.1 Å². The lowest BCUT2D eigenvalue weighted by Gasteiger charge is -2.36. The van der Waals surface area contributed by atoms with Crippen LogP contribution in [0, 0.1) is 16.0 Å². The van der Waals surface area contributed by atoms with E-state index in [1.165, 1.54) is 19.2 Å². The molecule has 2 aromatic rings. The first-order chi connectivity index (χ1) is 15.3. The maximum Gasteiger partial charge on any atom is 0.315 e. The molecule has 0 radical (unpaired) electrons. The number of benzene rings is 2. The van der Waals surface area contributed by atoms with Crippen LogP contribution in [0.1, 0.15) is 42.7 Å². The molecule has 0 fully saturated rings. The van der Waals surface area contributed by atoms with Gasteiger partial charge >= 0.3 is 5.97 Å². The fourth-order valence-corrected chi connectivity index (χ4v) is 4.97. The number of hydrogen-bond acceptors (Lipinski definition) is 6. The van der Waals surface area contributed by atoms with Crippen LogP contribution < -0.4 is 0 Å². The number of non-ortho nitro benzene ring substituents is 1. The van der Waals surface area contributed by atoms with E-state index in [-0.39, 0.29) is 23.8 Å². The predicted molar refractivity (Wildman–Crippen MR) is 120 cm³/mol. The third-order valence-corrected chi connectivity index (χ3v) is 6.50. The number of hydrogen-bond donors (Lipinski definition) is 0. The van der Waals surface area contributed by atoms with Gasteiger partial charge in [-0.1, -0.05) is 41.9 Å². The van der Waals surface area contributed by atoms with Gasteiger partial charge in [-0.05, 0) is 36.5 Å². The third kappa shape index (κ3) is 3.84. The number of methoxy groups -OCH3 is 1. The molecule has 0 spiro atoms. The number of halogens is 1. The Balaban J connectivity index is 1.81. The molecule has 2 aromatic carbocycles. The normalized spacial score (nSPS) is 22.8. The van der Waals surface area contributed by atoms with Gasteiger partial charge in [0.05, 0.1) is 12.0 Å². The van der Waals surface area contributed by atoms with E-state index in [4.69, 9.17) is 16.3 Å². The van der Waals surface area contributed by atoms with Crippen LogP contribution in [-0.2, 0) is 14.3 Å². The Morgan fingerprint density at radius 1 is 1.16 bits per heavy atom. The second-order valence-corrected chi connectivity index (χ2v) is 8.40. The molecule has 0 N–H and O–H groups in total. The molecular weight excluding hydrogens is 432 g/mol. The van der Waals surface area contributed by atoms with Gasteiger partial charge in [-0.3, -0.25) is 24.7 Å². The number of rotatable bonds is 4. The van der Waals surface area contributed by atoms with E-state index in [2.05, 4.69) is 4.99 Å². The zero-order valence-electron chi connectivity index (χ0n) is 17.6. The van der Waals surface area contributed by atoms with Crippen molar-refractivity contribution in [2.24, 2.45) is 10.9 Å². The molecule has 3 atom stereocenters. The number of aliphatic imine (C=N–C) groups is 1. The Kier molecular flexibility index (Phi) is 5.93. The van der Waals surface area contributed by atoms with E-state index < -0.39 is 22.7 Å². The first-order valence-electron chi connectivity index (χ1n) is 10.2. The number of esters is 1. The van der Waals surface area contributed by atoms with Gasteiger partial charge in [0.1, 0.15) is 5.92 Å². The van der Waals surface area contributed by atoms with Gasteiger partial charge in [0.25, 0.3) is 5.69 Å². The lowest BCUT2D eigenvalue weighted by atomic mass is 9.69. The molecule has 4 rings (SSSR count). The van der Waals surface area contributed by atoms with E-state index in [1.54, 1.807) is 25.1 Å². The first kappa shape index (κ1) is 21.9. The minimum Gasteiger partial charge on any atom is -0.468 e. The smallest absolute Gasteiger partial charge is 0.315 e. The van der Waals surface area contributed by atoms with Crippen molar-refractivity contribution in [1.29, 1.82) is 0 Å². The molecule has 7 nitrogen and oxygen atoms in total. The van der Waals surface area contributed by atoms with Crippen LogP contribution in [0.4, 0.5) is 5.69 Å². The van der Waals surface area contributed by atoms with Crippen LogP contribution >= 0.6 is 11.6 Å². The van der Waals surface area contributed by atoms with Gasteiger partial charge < -0.3 is 4.74 Å². The molecule has 0 bridgehead atoms. The minimum atomic E-state index is -0.777. The zero-order valence-corrected chi connectivity index (χ0v) is 18.3. The number of nitrogens with zero attached hydrogens (tertiary/aromatic N) is 2. The average Bonchev–Trinajstić information content (AvgIpc) is 2.78. The van der Waals surface area contributed by atoms with Crippen molar-refractivity contribution in [1.82, 2.24) is 0 Å². The van der Waals surface area contributed by atoms with Crippen molar-refractivity contribution in [3.8, 4) is 0 Å². The van der Waals surface area contributed by atoms with Gasteiger partial charge in [-0.25, -0.2) is 0 Å². The molecular formula is C24H21ClN2O5. The van der Waals surface area contributed by atoms with Gasteiger partial charge in [0.15, 0.2) is 5.78 Å². The van der Waals surface area contributed by atoms with Crippen molar-refractivity contribution in [3.63, 3.8) is 0 Å². The topological polar surface area (TPSA) is 98.9 Å². The van der Waals surface area contributed by atoms with Gasteiger partial charge in [0.2, 0.25) is 0 Å². The van der Waals surface area contributed by atoms with Gasteiger partial charge in [-0.15, -0.1) is 0 Å². The fourth-order valence-electron chi connectivity index (χ4n) is 4.68. The summed E-state index contributed by atoms with van der Waals surface area (Å²) in [6.45, 7) is 1.74. The van der Waals surface area contributed by atoms with E-state index in [1.807, 2.05) is 18.2 Å². The van der Waals surface area contributed by atoms with Crippen molar-refractivity contribution >= 4 is 34.8 Å². The monoisotopic (exact) mass is 452 g/mol. The summed E-state index contributed by atoms with van der Waals surface area (Å²) < 4.78 is 5.02.